The Morgan fingerprint density at radius 2 is 1.88 bits per heavy atom. The number of halogens is 1. The van der Waals surface area contributed by atoms with Gasteiger partial charge in [-0.25, -0.2) is 4.39 Å². The van der Waals surface area contributed by atoms with Crippen molar-refractivity contribution in [3.63, 3.8) is 0 Å². The zero-order chi connectivity index (χ0) is 35.2. The van der Waals surface area contributed by atoms with Crippen molar-refractivity contribution in [2.24, 2.45) is 0 Å². The molecule has 3 N–H and O–H groups in total. The highest BCUT2D eigenvalue weighted by Gasteiger charge is 2.25. The molecule has 0 saturated carbocycles. The molecule has 2 aliphatic rings. The highest BCUT2D eigenvalue weighted by Crippen LogP contribution is 2.36. The number of hydrogen-bond acceptors (Lipinski definition) is 10. The van der Waals surface area contributed by atoms with Crippen LogP contribution in [0.2, 0.25) is 0 Å². The summed E-state index contributed by atoms with van der Waals surface area (Å²) in [5.41, 5.74) is 2.09. The van der Waals surface area contributed by atoms with Gasteiger partial charge >= 0.3 is 0 Å². The van der Waals surface area contributed by atoms with Gasteiger partial charge < -0.3 is 38.5 Å². The van der Waals surface area contributed by atoms with Crippen molar-refractivity contribution >= 4 is 67.1 Å². The van der Waals surface area contributed by atoms with Crippen LogP contribution < -0.4 is 16.1 Å². The van der Waals surface area contributed by atoms with E-state index in [-0.39, 0.29) is 33.5 Å². The van der Waals surface area contributed by atoms with Crippen molar-refractivity contribution < 1.29 is 27.7 Å². The third-order valence-electron chi connectivity index (χ3n) is 10.1. The van der Waals surface area contributed by atoms with E-state index in [0.29, 0.717) is 72.0 Å². The summed E-state index contributed by atoms with van der Waals surface area (Å²) in [5, 5.41) is 17.5. The minimum atomic E-state index is -0.664. The maximum Gasteiger partial charge on any atom is 0.273 e. The molecule has 0 aliphatic carbocycles. The number of amides is 1. The zero-order valence-corrected chi connectivity index (χ0v) is 28.1. The number of anilines is 1. The van der Waals surface area contributed by atoms with Crippen LogP contribution in [0.15, 0.2) is 56.2 Å². The first kappa shape index (κ1) is 32.9. The highest BCUT2D eigenvalue weighted by molar-refractivity contribution is 6.07. The number of nitrogens with one attached hydrogen (secondary N) is 3. The fraction of sp³-hybridized carbons (Fsp3) is 0.389. The van der Waals surface area contributed by atoms with E-state index < -0.39 is 22.1 Å². The lowest BCUT2D eigenvalue weighted by Gasteiger charge is -2.26. The van der Waals surface area contributed by atoms with Crippen LogP contribution in [0.4, 0.5) is 15.8 Å². The van der Waals surface area contributed by atoms with Crippen LogP contribution in [-0.4, -0.2) is 95.6 Å². The number of aromatic amines is 1. The molecule has 0 spiro atoms. The molecule has 3 aromatic carbocycles. The predicted octanol–water partition coefficient (Wildman–Crippen LogP) is 5.38. The van der Waals surface area contributed by atoms with Gasteiger partial charge in [0.25, 0.3) is 11.6 Å². The van der Waals surface area contributed by atoms with E-state index in [4.69, 9.17) is 13.6 Å². The summed E-state index contributed by atoms with van der Waals surface area (Å²) in [6.45, 7) is 5.67. The fourth-order valence-corrected chi connectivity index (χ4v) is 7.36. The third-order valence-corrected chi connectivity index (χ3v) is 10.1. The molecule has 15 heteroatoms. The van der Waals surface area contributed by atoms with Crippen LogP contribution in [0.5, 0.6) is 0 Å². The molecular formula is C36H38FN7O7. The number of carbonyl (C=O) groups is 1. The van der Waals surface area contributed by atoms with Gasteiger partial charge in [0.1, 0.15) is 16.8 Å². The third kappa shape index (κ3) is 6.21. The summed E-state index contributed by atoms with van der Waals surface area (Å²) in [5.74, 6) is -1.23. The summed E-state index contributed by atoms with van der Waals surface area (Å²) in [6, 6.07) is 9.17. The van der Waals surface area contributed by atoms with Gasteiger partial charge in [0.15, 0.2) is 28.1 Å². The molecule has 1 unspecified atom stereocenters. The molecule has 266 valence electrons. The lowest BCUT2D eigenvalue weighted by Crippen LogP contribution is -2.38. The highest BCUT2D eigenvalue weighted by atomic mass is 19.1. The Balaban J connectivity index is 1.24. The standard InChI is InChI=1S/C36H38FN7O7/c1-41-10-2-4-21(41)7-9-38-32-25(37)17-23-33-35(32)51-31-18-27-30(50-29-16-22(44(47)48)5-6-26(29)40-27)19-28(31)43(33)20-24(34(23)45)36(46)39-8-3-11-42-12-14-49-15-13-42/h5-6,16-21,38,40H,2-4,7-15H2,1H3,(H,39,46). The average Bonchev–Trinajstić information content (AvgIpc) is 3.54. The first-order valence-corrected chi connectivity index (χ1v) is 17.3. The predicted molar refractivity (Wildman–Crippen MR) is 191 cm³/mol. The Bertz CT molecular complexity index is 2410. The van der Waals surface area contributed by atoms with E-state index in [0.717, 1.165) is 51.5 Å². The molecule has 3 aromatic heterocycles. The number of nitro benzene ring substituents is 1. The molecule has 1 atom stereocenters. The molecule has 51 heavy (non-hydrogen) atoms. The van der Waals surface area contributed by atoms with Crippen molar-refractivity contribution in [1.29, 1.82) is 0 Å². The molecule has 2 aliphatic heterocycles. The number of ether oxygens (including phenoxy) is 1. The average molecular weight is 700 g/mol. The van der Waals surface area contributed by atoms with Gasteiger partial charge in [0, 0.05) is 56.6 Å². The van der Waals surface area contributed by atoms with E-state index in [9.17, 15) is 19.7 Å². The minimum absolute atomic E-state index is 0.00655. The molecule has 2 fully saturated rings. The Morgan fingerprint density at radius 1 is 1.06 bits per heavy atom. The van der Waals surface area contributed by atoms with Crippen molar-refractivity contribution in [3.8, 4) is 0 Å². The van der Waals surface area contributed by atoms with E-state index in [1.807, 2.05) is 0 Å². The SMILES string of the molecule is CN1CCCC1CCNc1c(F)cc2c(=O)c(C(=O)NCCCN3CCOCC3)cn3c4cc5oc6cc([N+](=O)[O-])ccc6[nH]c5cc4oc1c23. The van der Waals surface area contributed by atoms with Crippen molar-refractivity contribution in [3.05, 3.63) is 74.3 Å². The Kier molecular flexibility index (Phi) is 8.69. The normalized spacial score (nSPS) is 17.3. The van der Waals surface area contributed by atoms with Gasteiger partial charge in [-0.2, -0.15) is 0 Å². The number of rotatable bonds is 10. The van der Waals surface area contributed by atoms with E-state index >= 15 is 4.39 Å². The maximum atomic E-state index is 16.0. The van der Waals surface area contributed by atoms with Gasteiger partial charge in [0.05, 0.1) is 46.1 Å². The topological polar surface area (TPSA) is 164 Å². The first-order chi connectivity index (χ1) is 24.7. The molecule has 2 saturated heterocycles. The van der Waals surface area contributed by atoms with Crippen molar-refractivity contribution in [2.75, 3.05) is 64.8 Å². The van der Waals surface area contributed by atoms with E-state index in [2.05, 4.69) is 32.5 Å². The molecule has 8 rings (SSSR count). The number of pyridine rings is 1. The maximum absolute atomic E-state index is 16.0. The van der Waals surface area contributed by atoms with Crippen LogP contribution in [0.1, 0.15) is 36.0 Å². The summed E-state index contributed by atoms with van der Waals surface area (Å²) >= 11 is 0. The molecule has 6 aromatic rings. The molecule has 1 amide bonds. The monoisotopic (exact) mass is 699 g/mol. The molecule has 5 heterocycles. The summed E-state index contributed by atoms with van der Waals surface area (Å²) in [4.78, 5) is 46.2. The summed E-state index contributed by atoms with van der Waals surface area (Å²) in [6.07, 6.45) is 5.14. The second-order valence-corrected chi connectivity index (χ2v) is 13.3. The summed E-state index contributed by atoms with van der Waals surface area (Å²) < 4.78 is 35.7. The molecule has 0 radical (unpaired) electrons. The summed E-state index contributed by atoms with van der Waals surface area (Å²) in [7, 11) is 2.09. The number of benzene rings is 3. The lowest BCUT2D eigenvalue weighted by molar-refractivity contribution is -0.384. The number of morpholine rings is 1. The minimum Gasteiger partial charge on any atom is -0.453 e. The van der Waals surface area contributed by atoms with Crippen molar-refractivity contribution in [2.45, 2.75) is 31.7 Å². The van der Waals surface area contributed by atoms with E-state index in [1.165, 1.54) is 18.3 Å². The number of carbonyl (C=O) groups excluding carboxylic acids is 1. The number of aromatic nitrogens is 2. The number of fused-ring (bicyclic) bond motifs is 4. The first-order valence-electron chi connectivity index (χ1n) is 17.3. The van der Waals surface area contributed by atoms with Gasteiger partial charge in [-0.3, -0.25) is 24.6 Å². The van der Waals surface area contributed by atoms with Gasteiger partial charge in [0.2, 0.25) is 5.43 Å². The fourth-order valence-electron chi connectivity index (χ4n) is 7.36. The van der Waals surface area contributed by atoms with Crippen LogP contribution in [0.25, 0.3) is 49.8 Å². The second kappa shape index (κ2) is 13.5. The molecular weight excluding hydrogens is 661 g/mol. The van der Waals surface area contributed by atoms with Gasteiger partial charge in [-0.15, -0.1) is 0 Å². The van der Waals surface area contributed by atoms with Crippen LogP contribution in [-0.2, 0) is 4.74 Å². The zero-order valence-electron chi connectivity index (χ0n) is 28.1. The van der Waals surface area contributed by atoms with E-state index in [1.54, 1.807) is 22.6 Å². The number of likely N-dealkylation sites (tertiary alicyclic amines) is 1. The quantitative estimate of drug-likeness (QED) is 0.0556. The number of nitrogens with zero attached hydrogens (tertiary/aromatic N) is 4. The Hall–Kier alpha value is -5.25. The lowest BCUT2D eigenvalue weighted by atomic mass is 10.1. The largest absolute Gasteiger partial charge is 0.453 e. The van der Waals surface area contributed by atoms with Crippen LogP contribution in [0, 0.1) is 15.9 Å². The van der Waals surface area contributed by atoms with Crippen molar-refractivity contribution in [1.82, 2.24) is 24.5 Å². The number of H-pyrrole nitrogens is 1. The number of nitro groups is 1. The van der Waals surface area contributed by atoms with Crippen LogP contribution in [0.3, 0.4) is 0 Å². The van der Waals surface area contributed by atoms with Gasteiger partial charge in [-0.1, -0.05) is 0 Å². The molecule has 0 bridgehead atoms. The smallest absolute Gasteiger partial charge is 0.273 e. The molecule has 14 nitrogen and oxygen atoms in total. The second-order valence-electron chi connectivity index (χ2n) is 13.3. The number of hydrogen-bond donors (Lipinski definition) is 3. The van der Waals surface area contributed by atoms with Gasteiger partial charge in [-0.05, 0) is 58.0 Å². The Labute approximate surface area is 289 Å². The van der Waals surface area contributed by atoms with Crippen LogP contribution >= 0.6 is 0 Å². The number of non-ortho nitro benzene ring substituents is 1. The Morgan fingerprint density at radius 3 is 2.67 bits per heavy atom.